The van der Waals surface area contributed by atoms with E-state index in [4.69, 9.17) is 9.47 Å². The second-order valence-electron chi connectivity index (χ2n) is 8.31. The number of ether oxygens (including phenoxy) is 2. The third-order valence-corrected chi connectivity index (χ3v) is 7.59. The molecule has 0 aliphatic carbocycles. The maximum Gasteiger partial charge on any atom is 0.354 e. The predicted molar refractivity (Wildman–Crippen MR) is 132 cm³/mol. The number of esters is 1. The van der Waals surface area contributed by atoms with E-state index in [1.165, 1.54) is 20.5 Å². The van der Waals surface area contributed by atoms with Crippen molar-refractivity contribution in [3.8, 4) is 5.75 Å². The molecule has 35 heavy (non-hydrogen) atoms. The third-order valence-electron chi connectivity index (χ3n) is 6.26. The van der Waals surface area contributed by atoms with E-state index in [9.17, 15) is 13.2 Å². The molecule has 1 aliphatic heterocycles. The lowest BCUT2D eigenvalue weighted by Gasteiger charge is -2.35. The van der Waals surface area contributed by atoms with Crippen molar-refractivity contribution in [1.82, 2.24) is 24.6 Å². The van der Waals surface area contributed by atoms with Gasteiger partial charge in [-0.1, -0.05) is 6.07 Å². The minimum atomic E-state index is -3.41. The van der Waals surface area contributed by atoms with Crippen LogP contribution in [0.2, 0.25) is 0 Å². The van der Waals surface area contributed by atoms with Gasteiger partial charge in [-0.25, -0.2) is 27.9 Å². The summed E-state index contributed by atoms with van der Waals surface area (Å²) in [6.45, 7) is 3.97. The number of carbonyl (C=O) groups is 1. The van der Waals surface area contributed by atoms with Gasteiger partial charge in [-0.3, -0.25) is 4.90 Å². The van der Waals surface area contributed by atoms with Crippen LogP contribution in [-0.4, -0.2) is 88.2 Å². The topological polar surface area (TPSA) is 130 Å². The molecule has 2 aromatic heterocycles. The van der Waals surface area contributed by atoms with E-state index in [-0.39, 0.29) is 5.75 Å². The fourth-order valence-corrected chi connectivity index (χ4v) is 5.12. The number of hydrogen-bond donors (Lipinski definition) is 2. The number of sulfonamides is 1. The van der Waals surface area contributed by atoms with Crippen LogP contribution in [0.15, 0.2) is 30.7 Å². The van der Waals surface area contributed by atoms with E-state index in [2.05, 4.69) is 29.5 Å². The molecule has 3 heterocycles. The minimum absolute atomic E-state index is 0.133. The van der Waals surface area contributed by atoms with Crippen molar-refractivity contribution in [2.45, 2.75) is 12.2 Å². The molecule has 12 heteroatoms. The lowest BCUT2D eigenvalue weighted by atomic mass is 10.0. The predicted octanol–water partition coefficient (Wildman–Crippen LogP) is 1.17. The van der Waals surface area contributed by atoms with Gasteiger partial charge in [-0.2, -0.15) is 0 Å². The van der Waals surface area contributed by atoms with Crippen LogP contribution in [0.5, 0.6) is 5.75 Å². The first-order chi connectivity index (χ1) is 16.8. The molecule has 0 bridgehead atoms. The highest BCUT2D eigenvalue weighted by atomic mass is 32.2. The summed E-state index contributed by atoms with van der Waals surface area (Å²) < 4.78 is 36.8. The van der Waals surface area contributed by atoms with Gasteiger partial charge in [0.25, 0.3) is 0 Å². The monoisotopic (exact) mass is 502 g/mol. The van der Waals surface area contributed by atoms with Gasteiger partial charge in [0, 0.05) is 43.6 Å². The Morgan fingerprint density at radius 2 is 1.97 bits per heavy atom. The summed E-state index contributed by atoms with van der Waals surface area (Å²) in [5, 5.41) is 0.832. The van der Waals surface area contributed by atoms with Gasteiger partial charge in [0.1, 0.15) is 12.0 Å². The van der Waals surface area contributed by atoms with Gasteiger partial charge >= 0.3 is 5.97 Å². The molecule has 3 aromatic rings. The average Bonchev–Trinajstić information content (AvgIpc) is 3.24. The van der Waals surface area contributed by atoms with Crippen molar-refractivity contribution in [3.05, 3.63) is 47.5 Å². The van der Waals surface area contributed by atoms with Gasteiger partial charge in [-0.05, 0) is 36.7 Å². The molecule has 1 aliphatic rings. The Morgan fingerprint density at radius 1 is 1.20 bits per heavy atom. The van der Waals surface area contributed by atoms with Crippen LogP contribution in [0.3, 0.4) is 0 Å². The van der Waals surface area contributed by atoms with E-state index < -0.39 is 16.0 Å². The number of nitrogens with zero attached hydrogens (tertiary/aromatic N) is 4. The summed E-state index contributed by atoms with van der Waals surface area (Å²) in [6, 6.07) is 5.39. The highest BCUT2D eigenvalue weighted by Gasteiger charge is 2.23. The van der Waals surface area contributed by atoms with Crippen molar-refractivity contribution in [2.75, 3.05) is 58.9 Å². The van der Waals surface area contributed by atoms with E-state index in [0.29, 0.717) is 23.4 Å². The summed E-state index contributed by atoms with van der Waals surface area (Å²) >= 11 is 0. The van der Waals surface area contributed by atoms with Crippen molar-refractivity contribution in [3.63, 3.8) is 0 Å². The van der Waals surface area contributed by atoms with Gasteiger partial charge in [0.2, 0.25) is 10.0 Å². The number of nitrogens with one attached hydrogen (secondary N) is 2. The summed E-state index contributed by atoms with van der Waals surface area (Å²) in [4.78, 5) is 28.5. The molecule has 0 radical (unpaired) electrons. The standard InChI is InChI=1S/C23H30N6O5S/c1-24-35(31,32)14-16-4-5-19-18(12-16)17(21(27-19)23(30)34-3)6-7-28-8-10-29(11-9-28)22-20(33-2)13-25-15-26-22/h4-5,12-13,15,24,27H,6-11,14H2,1-3H3. The number of aromatic nitrogens is 3. The molecule has 1 fully saturated rings. The first kappa shape index (κ1) is 24.9. The first-order valence-corrected chi connectivity index (χ1v) is 12.9. The molecular weight excluding hydrogens is 472 g/mol. The Balaban J connectivity index is 1.50. The Kier molecular flexibility index (Phi) is 7.53. The molecule has 0 unspecified atom stereocenters. The Labute approximate surface area is 204 Å². The van der Waals surface area contributed by atoms with Crippen molar-refractivity contribution in [2.24, 2.45) is 0 Å². The van der Waals surface area contributed by atoms with Crippen LogP contribution in [0.4, 0.5) is 5.82 Å². The van der Waals surface area contributed by atoms with Crippen molar-refractivity contribution in [1.29, 1.82) is 0 Å². The zero-order valence-corrected chi connectivity index (χ0v) is 20.9. The molecule has 1 aromatic carbocycles. The zero-order chi connectivity index (χ0) is 25.0. The smallest absolute Gasteiger partial charge is 0.354 e. The van der Waals surface area contributed by atoms with Crippen LogP contribution in [0.25, 0.3) is 10.9 Å². The Bertz CT molecular complexity index is 1300. The number of carbonyl (C=O) groups excluding carboxylic acids is 1. The van der Waals surface area contributed by atoms with Gasteiger partial charge < -0.3 is 19.4 Å². The van der Waals surface area contributed by atoms with Crippen LogP contribution < -0.4 is 14.4 Å². The number of methoxy groups -OCH3 is 2. The number of piperazine rings is 1. The summed E-state index contributed by atoms with van der Waals surface area (Å²) in [7, 11) is 0.940. The van der Waals surface area contributed by atoms with Crippen molar-refractivity contribution < 1.29 is 22.7 Å². The molecule has 0 amide bonds. The quantitative estimate of drug-likeness (QED) is 0.414. The van der Waals surface area contributed by atoms with Gasteiger partial charge in [-0.15, -0.1) is 0 Å². The number of H-pyrrole nitrogens is 1. The van der Waals surface area contributed by atoms with E-state index >= 15 is 0 Å². The third kappa shape index (κ3) is 5.55. The second kappa shape index (κ2) is 10.6. The number of fused-ring (bicyclic) bond motifs is 1. The number of hydrogen-bond acceptors (Lipinski definition) is 9. The molecule has 0 saturated carbocycles. The van der Waals surface area contributed by atoms with E-state index in [0.717, 1.165) is 55.0 Å². The summed E-state index contributed by atoms with van der Waals surface area (Å²) in [5.74, 6) is 0.863. The van der Waals surface area contributed by atoms with Crippen LogP contribution >= 0.6 is 0 Å². The van der Waals surface area contributed by atoms with Gasteiger partial charge in [0.05, 0.1) is 26.2 Å². The zero-order valence-electron chi connectivity index (χ0n) is 20.1. The molecule has 1 saturated heterocycles. The maximum atomic E-state index is 12.5. The normalized spacial score (nSPS) is 14.9. The molecule has 0 spiro atoms. The lowest BCUT2D eigenvalue weighted by molar-refractivity contribution is 0.0593. The number of anilines is 1. The number of benzene rings is 1. The highest BCUT2D eigenvalue weighted by molar-refractivity contribution is 7.88. The number of aromatic amines is 1. The second-order valence-corrected chi connectivity index (χ2v) is 10.2. The minimum Gasteiger partial charge on any atom is -0.491 e. The van der Waals surface area contributed by atoms with Crippen LogP contribution in [-0.2, 0) is 26.9 Å². The molecule has 4 rings (SSSR count). The van der Waals surface area contributed by atoms with Gasteiger partial charge in [0.15, 0.2) is 11.6 Å². The van der Waals surface area contributed by atoms with Crippen LogP contribution in [0, 0.1) is 0 Å². The van der Waals surface area contributed by atoms with Crippen molar-refractivity contribution >= 4 is 32.7 Å². The first-order valence-electron chi connectivity index (χ1n) is 11.3. The van der Waals surface area contributed by atoms with E-state index in [1.807, 2.05) is 6.07 Å². The highest BCUT2D eigenvalue weighted by Crippen LogP contribution is 2.27. The summed E-state index contributed by atoms with van der Waals surface area (Å²) in [6.07, 6.45) is 3.80. The molecule has 11 nitrogen and oxygen atoms in total. The SMILES string of the molecule is CNS(=O)(=O)Cc1ccc2[nH]c(C(=O)OC)c(CCN3CCN(c4ncncc4OC)CC3)c2c1. The Morgan fingerprint density at radius 3 is 2.66 bits per heavy atom. The number of rotatable bonds is 9. The Hall–Kier alpha value is -3.22. The fraction of sp³-hybridized carbons (Fsp3) is 0.435. The van der Waals surface area contributed by atoms with Crippen LogP contribution in [0.1, 0.15) is 21.6 Å². The lowest BCUT2D eigenvalue weighted by Crippen LogP contribution is -2.47. The molecule has 2 N–H and O–H groups in total. The summed E-state index contributed by atoms with van der Waals surface area (Å²) in [5.41, 5.74) is 2.65. The average molecular weight is 503 g/mol. The van der Waals surface area contributed by atoms with E-state index in [1.54, 1.807) is 25.4 Å². The molecule has 0 atom stereocenters. The molecular formula is C23H30N6O5S. The largest absolute Gasteiger partial charge is 0.491 e. The maximum absolute atomic E-state index is 12.5. The fourth-order valence-electron chi connectivity index (χ4n) is 4.36. The molecule has 188 valence electrons.